The second kappa shape index (κ2) is 8.29. The summed E-state index contributed by atoms with van der Waals surface area (Å²) in [7, 11) is -4.14. The van der Waals surface area contributed by atoms with E-state index in [1.54, 1.807) is 0 Å². The van der Waals surface area contributed by atoms with Crippen molar-refractivity contribution in [2.45, 2.75) is 50.3 Å². The SMILES string of the molecule is CCCCCCCCOc1c(F)cc(S(N)(=O)=O)cc1F. The van der Waals surface area contributed by atoms with E-state index >= 15 is 0 Å². The minimum Gasteiger partial charge on any atom is -0.488 e. The molecule has 7 heteroatoms. The third kappa shape index (κ3) is 5.97. The van der Waals surface area contributed by atoms with Crippen LogP contribution in [0.2, 0.25) is 0 Å². The molecule has 1 rings (SSSR count). The fourth-order valence-corrected chi connectivity index (χ4v) is 2.43. The zero-order valence-electron chi connectivity index (χ0n) is 12.1. The van der Waals surface area contributed by atoms with Gasteiger partial charge in [0, 0.05) is 0 Å². The van der Waals surface area contributed by atoms with Crippen LogP contribution >= 0.6 is 0 Å². The average Bonchev–Trinajstić information content (AvgIpc) is 2.39. The molecular formula is C14H21F2NO3S. The third-order valence-electron chi connectivity index (χ3n) is 3.04. The number of hydrogen-bond donors (Lipinski definition) is 1. The summed E-state index contributed by atoms with van der Waals surface area (Å²) < 4.78 is 54.4. The van der Waals surface area contributed by atoms with Crippen LogP contribution in [0.1, 0.15) is 45.4 Å². The Labute approximate surface area is 124 Å². The van der Waals surface area contributed by atoms with E-state index in [4.69, 9.17) is 9.88 Å². The Morgan fingerprint density at radius 3 is 2.10 bits per heavy atom. The Hall–Kier alpha value is -1.21. The summed E-state index contributed by atoms with van der Waals surface area (Å²) in [5.74, 6) is -2.69. The molecule has 120 valence electrons. The number of ether oxygens (including phenoxy) is 1. The first-order chi connectivity index (χ1) is 9.86. The molecule has 0 spiro atoms. The third-order valence-corrected chi connectivity index (χ3v) is 3.94. The second-order valence-corrected chi connectivity index (χ2v) is 6.44. The maximum absolute atomic E-state index is 13.6. The monoisotopic (exact) mass is 321 g/mol. The molecule has 0 unspecified atom stereocenters. The van der Waals surface area contributed by atoms with Gasteiger partial charge in [0.25, 0.3) is 0 Å². The largest absolute Gasteiger partial charge is 0.488 e. The zero-order valence-corrected chi connectivity index (χ0v) is 12.9. The van der Waals surface area contributed by atoms with Crippen LogP contribution in [-0.4, -0.2) is 15.0 Å². The fraction of sp³-hybridized carbons (Fsp3) is 0.571. The van der Waals surface area contributed by atoms with Crippen LogP contribution in [0.15, 0.2) is 17.0 Å². The second-order valence-electron chi connectivity index (χ2n) is 4.88. The number of rotatable bonds is 9. The molecule has 0 aliphatic heterocycles. The van der Waals surface area contributed by atoms with Gasteiger partial charge in [0.15, 0.2) is 17.4 Å². The first kappa shape index (κ1) is 17.8. The van der Waals surface area contributed by atoms with E-state index in [2.05, 4.69) is 6.92 Å². The van der Waals surface area contributed by atoms with Gasteiger partial charge in [-0.1, -0.05) is 39.0 Å². The van der Waals surface area contributed by atoms with Crippen molar-refractivity contribution in [3.8, 4) is 5.75 Å². The van der Waals surface area contributed by atoms with Crippen molar-refractivity contribution in [1.82, 2.24) is 0 Å². The normalized spacial score (nSPS) is 11.6. The number of unbranched alkanes of at least 4 members (excludes halogenated alkanes) is 5. The van der Waals surface area contributed by atoms with E-state index in [1.165, 1.54) is 6.42 Å². The van der Waals surface area contributed by atoms with Crippen molar-refractivity contribution >= 4 is 10.0 Å². The lowest BCUT2D eigenvalue weighted by Crippen LogP contribution is -2.13. The van der Waals surface area contributed by atoms with E-state index in [9.17, 15) is 17.2 Å². The van der Waals surface area contributed by atoms with Gasteiger partial charge >= 0.3 is 0 Å². The quantitative estimate of drug-likeness (QED) is 0.709. The Bertz CT molecular complexity index is 538. The molecule has 2 N–H and O–H groups in total. The summed E-state index contributed by atoms with van der Waals surface area (Å²) in [5.41, 5.74) is 0. The van der Waals surface area contributed by atoms with Crippen LogP contribution in [0, 0.1) is 11.6 Å². The lowest BCUT2D eigenvalue weighted by atomic mass is 10.1. The summed E-state index contributed by atoms with van der Waals surface area (Å²) in [6.07, 6.45) is 6.16. The van der Waals surface area contributed by atoms with Gasteiger partial charge in [-0.25, -0.2) is 22.3 Å². The molecular weight excluding hydrogens is 300 g/mol. The minimum atomic E-state index is -4.14. The smallest absolute Gasteiger partial charge is 0.238 e. The predicted molar refractivity (Wildman–Crippen MR) is 76.6 cm³/mol. The highest BCUT2D eigenvalue weighted by atomic mass is 32.2. The van der Waals surface area contributed by atoms with Crippen LogP contribution in [0.5, 0.6) is 5.75 Å². The molecule has 1 aromatic rings. The van der Waals surface area contributed by atoms with Crippen molar-refractivity contribution in [2.24, 2.45) is 5.14 Å². The summed E-state index contributed by atoms with van der Waals surface area (Å²) in [4.78, 5) is -0.607. The number of benzene rings is 1. The fourth-order valence-electron chi connectivity index (χ4n) is 1.90. The molecule has 0 aliphatic rings. The van der Waals surface area contributed by atoms with Gasteiger partial charge in [-0.15, -0.1) is 0 Å². The molecule has 0 heterocycles. The van der Waals surface area contributed by atoms with Gasteiger partial charge in [-0.05, 0) is 18.6 Å². The molecule has 0 saturated carbocycles. The molecule has 0 bridgehead atoms. The highest BCUT2D eigenvalue weighted by Crippen LogP contribution is 2.25. The van der Waals surface area contributed by atoms with Gasteiger partial charge in [-0.3, -0.25) is 0 Å². The number of primary sulfonamides is 1. The van der Waals surface area contributed by atoms with Crippen molar-refractivity contribution in [3.05, 3.63) is 23.8 Å². The molecule has 0 fully saturated rings. The van der Waals surface area contributed by atoms with Crippen molar-refractivity contribution in [3.63, 3.8) is 0 Å². The lowest BCUT2D eigenvalue weighted by molar-refractivity contribution is 0.274. The van der Waals surface area contributed by atoms with E-state index in [-0.39, 0.29) is 6.61 Å². The standard InChI is InChI=1S/C14H21F2NO3S/c1-2-3-4-5-6-7-8-20-14-12(15)9-11(10-13(14)16)21(17,18)19/h9-10H,2-8H2,1H3,(H2,17,18,19). The predicted octanol–water partition coefficient (Wildman–Crippen LogP) is 3.35. The van der Waals surface area contributed by atoms with Crippen LogP contribution in [-0.2, 0) is 10.0 Å². The highest BCUT2D eigenvalue weighted by molar-refractivity contribution is 7.89. The molecule has 1 aromatic carbocycles. The molecule has 21 heavy (non-hydrogen) atoms. The summed E-state index contributed by atoms with van der Waals surface area (Å²) in [6, 6.07) is 1.32. The molecule has 0 amide bonds. The Morgan fingerprint density at radius 1 is 1.05 bits per heavy atom. The molecule has 0 aliphatic carbocycles. The van der Waals surface area contributed by atoms with Crippen molar-refractivity contribution in [1.29, 1.82) is 0 Å². The van der Waals surface area contributed by atoms with Gasteiger partial charge in [-0.2, -0.15) is 0 Å². The molecule has 4 nitrogen and oxygen atoms in total. The Morgan fingerprint density at radius 2 is 1.57 bits per heavy atom. The number of nitrogens with two attached hydrogens (primary N) is 1. The van der Waals surface area contributed by atoms with Crippen molar-refractivity contribution < 1.29 is 21.9 Å². The summed E-state index contributed by atoms with van der Waals surface area (Å²) in [6.45, 7) is 2.31. The first-order valence-corrected chi connectivity index (χ1v) is 8.55. The zero-order chi connectivity index (χ0) is 15.9. The van der Waals surface area contributed by atoms with Gasteiger partial charge < -0.3 is 4.74 Å². The van der Waals surface area contributed by atoms with Gasteiger partial charge in [0.1, 0.15) is 0 Å². The number of hydrogen-bond acceptors (Lipinski definition) is 3. The maximum atomic E-state index is 13.6. The number of sulfonamides is 1. The molecule has 0 atom stereocenters. The Kier molecular flexibility index (Phi) is 7.04. The topological polar surface area (TPSA) is 69.4 Å². The minimum absolute atomic E-state index is 0.189. The van der Waals surface area contributed by atoms with Crippen LogP contribution in [0.4, 0.5) is 8.78 Å². The summed E-state index contributed by atoms with van der Waals surface area (Å²) in [5, 5.41) is 4.82. The van der Waals surface area contributed by atoms with Crippen LogP contribution in [0.25, 0.3) is 0 Å². The first-order valence-electron chi connectivity index (χ1n) is 7.01. The van der Waals surface area contributed by atoms with Crippen LogP contribution in [0.3, 0.4) is 0 Å². The van der Waals surface area contributed by atoms with Gasteiger partial charge in [0.05, 0.1) is 11.5 Å². The molecule has 0 saturated heterocycles. The number of halogens is 2. The summed E-state index contributed by atoms with van der Waals surface area (Å²) >= 11 is 0. The maximum Gasteiger partial charge on any atom is 0.238 e. The van der Waals surface area contributed by atoms with E-state index < -0.39 is 32.3 Å². The van der Waals surface area contributed by atoms with Crippen LogP contribution < -0.4 is 9.88 Å². The van der Waals surface area contributed by atoms with Gasteiger partial charge in [0.2, 0.25) is 10.0 Å². The molecule has 0 radical (unpaired) electrons. The van der Waals surface area contributed by atoms with E-state index in [0.29, 0.717) is 18.6 Å². The van der Waals surface area contributed by atoms with Crippen molar-refractivity contribution in [2.75, 3.05) is 6.61 Å². The van der Waals surface area contributed by atoms with E-state index in [0.717, 1.165) is 25.7 Å². The lowest BCUT2D eigenvalue weighted by Gasteiger charge is -2.09. The molecule has 0 aromatic heterocycles. The van der Waals surface area contributed by atoms with E-state index in [1.807, 2.05) is 0 Å². The average molecular weight is 321 g/mol. The highest BCUT2D eigenvalue weighted by Gasteiger charge is 2.17. The Balaban J connectivity index is 2.53.